The van der Waals surface area contributed by atoms with Crippen LogP contribution in [0.15, 0.2) is 18.2 Å². The summed E-state index contributed by atoms with van der Waals surface area (Å²) in [6.07, 6.45) is 8.60. The third kappa shape index (κ3) is 4.40. The highest BCUT2D eigenvalue weighted by Crippen LogP contribution is 2.44. The van der Waals surface area contributed by atoms with Crippen LogP contribution in [0.2, 0.25) is 0 Å². The Balaban J connectivity index is 1.12. The number of methoxy groups -OCH3 is 1. The Morgan fingerprint density at radius 3 is 2.57 bits per heavy atom. The summed E-state index contributed by atoms with van der Waals surface area (Å²) in [5.41, 5.74) is 2.24. The summed E-state index contributed by atoms with van der Waals surface area (Å²) in [7, 11) is 1.68. The van der Waals surface area contributed by atoms with Crippen molar-refractivity contribution in [1.82, 2.24) is 15.1 Å². The van der Waals surface area contributed by atoms with Gasteiger partial charge in [-0.3, -0.25) is 24.7 Å². The largest absolute Gasteiger partial charge is 0.489 e. The number of likely N-dealkylation sites (tertiary alicyclic amines) is 1. The third-order valence-electron chi connectivity index (χ3n) is 9.31. The molecule has 2 amide bonds. The van der Waals surface area contributed by atoms with Crippen LogP contribution < -0.4 is 10.1 Å². The summed E-state index contributed by atoms with van der Waals surface area (Å²) < 4.78 is 12.5. The maximum absolute atomic E-state index is 12.5. The summed E-state index contributed by atoms with van der Waals surface area (Å²) in [4.78, 5) is 28.9. The normalized spacial score (nSPS) is 36.3. The fourth-order valence-corrected chi connectivity index (χ4v) is 7.30. The Morgan fingerprint density at radius 1 is 1.03 bits per heavy atom. The lowest BCUT2D eigenvalue weighted by Crippen LogP contribution is -2.60. The maximum atomic E-state index is 12.5. The highest BCUT2D eigenvalue weighted by Gasteiger charge is 2.44. The first-order chi connectivity index (χ1) is 17.0. The Labute approximate surface area is 208 Å². The number of hydrogen-bond donors (Lipinski definition) is 1. The van der Waals surface area contributed by atoms with Gasteiger partial charge in [0.1, 0.15) is 18.1 Å². The average Bonchev–Trinajstić information content (AvgIpc) is 3.15. The van der Waals surface area contributed by atoms with Gasteiger partial charge in [0.2, 0.25) is 11.8 Å². The van der Waals surface area contributed by atoms with Crippen LogP contribution in [-0.2, 0) is 20.9 Å². The predicted octanol–water partition coefficient (Wildman–Crippen LogP) is 3.62. The zero-order valence-corrected chi connectivity index (χ0v) is 21.1. The molecule has 7 nitrogen and oxygen atoms in total. The molecule has 1 N–H and O–H groups in total. The van der Waals surface area contributed by atoms with E-state index in [0.717, 1.165) is 41.1 Å². The zero-order chi connectivity index (χ0) is 24.1. The summed E-state index contributed by atoms with van der Waals surface area (Å²) in [6, 6.07) is 6.49. The Morgan fingerprint density at radius 2 is 1.83 bits per heavy atom. The lowest BCUT2D eigenvalue weighted by Gasteiger charge is -2.53. The highest BCUT2D eigenvalue weighted by molar-refractivity contribution is 6.00. The van der Waals surface area contributed by atoms with Gasteiger partial charge in [0, 0.05) is 44.8 Å². The molecule has 7 heteroatoms. The fourth-order valence-electron chi connectivity index (χ4n) is 7.30. The molecule has 190 valence electrons. The summed E-state index contributed by atoms with van der Waals surface area (Å²) >= 11 is 0. The second kappa shape index (κ2) is 9.49. The number of amides is 2. The number of nitrogens with one attached hydrogen (secondary N) is 1. The van der Waals surface area contributed by atoms with Crippen molar-refractivity contribution in [2.75, 3.05) is 20.2 Å². The molecule has 1 aromatic carbocycles. The van der Waals surface area contributed by atoms with Gasteiger partial charge in [-0.1, -0.05) is 19.4 Å². The van der Waals surface area contributed by atoms with E-state index >= 15 is 0 Å². The van der Waals surface area contributed by atoms with Crippen LogP contribution in [-0.4, -0.2) is 60.0 Å². The standard InChI is InChI=1S/C28H39N3O4/c1-17-11-18(12-17)20-14-30(15-20)23-5-3-4-6-25(23)35-21-7-8-22-19(13-21)16-31(28(22)34-2)24-9-10-26(32)29-27(24)33/h7-8,13,17-18,20,23-25,28H,3-6,9-12,14-16H2,1-2H3,(H,29,32,33). The van der Waals surface area contributed by atoms with E-state index in [2.05, 4.69) is 40.2 Å². The van der Waals surface area contributed by atoms with Crippen molar-refractivity contribution >= 4 is 11.8 Å². The van der Waals surface area contributed by atoms with Gasteiger partial charge < -0.3 is 9.47 Å². The van der Waals surface area contributed by atoms with E-state index in [1.807, 2.05) is 0 Å². The minimum atomic E-state index is -0.352. The Kier molecular flexibility index (Phi) is 6.35. The monoisotopic (exact) mass is 481 g/mol. The van der Waals surface area contributed by atoms with E-state index in [1.54, 1.807) is 7.11 Å². The van der Waals surface area contributed by atoms with Crippen LogP contribution in [0.3, 0.4) is 0 Å². The second-order valence-electron chi connectivity index (χ2n) is 11.6. The van der Waals surface area contributed by atoms with E-state index in [9.17, 15) is 9.59 Å². The molecular weight excluding hydrogens is 442 g/mol. The first-order valence-electron chi connectivity index (χ1n) is 13.7. The quantitative estimate of drug-likeness (QED) is 0.626. The van der Waals surface area contributed by atoms with Crippen LogP contribution in [0.5, 0.6) is 5.75 Å². The second-order valence-corrected chi connectivity index (χ2v) is 11.6. The number of nitrogens with zero attached hydrogens (tertiary/aromatic N) is 2. The minimum Gasteiger partial charge on any atom is -0.489 e. The lowest BCUT2D eigenvalue weighted by molar-refractivity contribution is -0.143. The average molecular weight is 482 g/mol. The van der Waals surface area contributed by atoms with Gasteiger partial charge in [0.25, 0.3) is 0 Å². The maximum Gasteiger partial charge on any atom is 0.244 e. The number of rotatable bonds is 6. The van der Waals surface area contributed by atoms with Crippen LogP contribution in [0.4, 0.5) is 0 Å². The number of carbonyl (C=O) groups is 2. The van der Waals surface area contributed by atoms with Crippen molar-refractivity contribution in [3.05, 3.63) is 29.3 Å². The minimum absolute atomic E-state index is 0.189. The molecule has 0 spiro atoms. The first-order valence-corrected chi connectivity index (χ1v) is 13.7. The van der Waals surface area contributed by atoms with E-state index < -0.39 is 0 Å². The lowest BCUT2D eigenvalue weighted by atomic mass is 9.66. The first kappa shape index (κ1) is 23.4. The molecule has 3 heterocycles. The molecule has 0 bridgehead atoms. The summed E-state index contributed by atoms with van der Waals surface area (Å²) in [5.74, 6) is 3.31. The van der Waals surface area contributed by atoms with Gasteiger partial charge in [-0.2, -0.15) is 0 Å². The predicted molar refractivity (Wildman–Crippen MR) is 132 cm³/mol. The van der Waals surface area contributed by atoms with Gasteiger partial charge >= 0.3 is 0 Å². The molecule has 4 fully saturated rings. The van der Waals surface area contributed by atoms with Gasteiger partial charge in [-0.05, 0) is 74.0 Å². The van der Waals surface area contributed by atoms with Crippen LogP contribution in [0, 0.1) is 17.8 Å². The van der Waals surface area contributed by atoms with Crippen molar-refractivity contribution in [1.29, 1.82) is 0 Å². The van der Waals surface area contributed by atoms with Gasteiger partial charge in [-0.15, -0.1) is 0 Å². The van der Waals surface area contributed by atoms with Gasteiger partial charge in [0.05, 0.1) is 6.04 Å². The Hall–Kier alpha value is -1.96. The molecule has 5 aliphatic rings. The van der Waals surface area contributed by atoms with E-state index in [-0.39, 0.29) is 30.2 Å². The number of piperidine rings is 1. The van der Waals surface area contributed by atoms with E-state index in [1.165, 1.54) is 45.2 Å². The summed E-state index contributed by atoms with van der Waals surface area (Å²) in [6.45, 7) is 5.51. The number of hydrogen-bond acceptors (Lipinski definition) is 6. The molecule has 4 unspecified atom stereocenters. The van der Waals surface area contributed by atoms with Crippen LogP contribution >= 0.6 is 0 Å². The molecule has 2 saturated carbocycles. The molecule has 2 aliphatic carbocycles. The number of carbonyl (C=O) groups excluding carboxylic acids is 2. The number of benzene rings is 1. The van der Waals surface area contributed by atoms with Crippen molar-refractivity contribution in [2.45, 2.75) is 89.3 Å². The SMILES string of the molecule is COC1c2ccc(OC3CCCCC3N3CC(C4CC(C)C4)C3)cc2CN1C1CCC(=O)NC1=O. The van der Waals surface area contributed by atoms with Gasteiger partial charge in [0.15, 0.2) is 0 Å². The molecule has 1 aromatic rings. The van der Waals surface area contributed by atoms with Crippen molar-refractivity contribution in [3.63, 3.8) is 0 Å². The highest BCUT2D eigenvalue weighted by atomic mass is 16.5. The third-order valence-corrected chi connectivity index (χ3v) is 9.31. The molecule has 35 heavy (non-hydrogen) atoms. The van der Waals surface area contributed by atoms with Crippen LogP contribution in [0.1, 0.15) is 75.6 Å². The number of imide groups is 1. The molecule has 0 aromatic heterocycles. The number of fused-ring (bicyclic) bond motifs is 1. The van der Waals surface area contributed by atoms with Crippen molar-refractivity contribution in [3.8, 4) is 5.75 Å². The van der Waals surface area contributed by atoms with Crippen molar-refractivity contribution < 1.29 is 19.1 Å². The molecule has 3 aliphatic heterocycles. The van der Waals surface area contributed by atoms with Gasteiger partial charge in [-0.25, -0.2) is 0 Å². The van der Waals surface area contributed by atoms with Crippen LogP contribution in [0.25, 0.3) is 0 Å². The zero-order valence-electron chi connectivity index (χ0n) is 21.1. The van der Waals surface area contributed by atoms with Crippen molar-refractivity contribution in [2.24, 2.45) is 17.8 Å². The van der Waals surface area contributed by atoms with E-state index in [0.29, 0.717) is 25.4 Å². The fraction of sp³-hybridized carbons (Fsp3) is 0.714. The molecule has 4 atom stereocenters. The molecular formula is C28H39N3O4. The number of ether oxygens (including phenoxy) is 2. The molecule has 6 rings (SSSR count). The van der Waals surface area contributed by atoms with E-state index in [4.69, 9.17) is 9.47 Å². The topological polar surface area (TPSA) is 71.1 Å². The smallest absolute Gasteiger partial charge is 0.244 e. The molecule has 0 radical (unpaired) electrons. The molecule has 2 saturated heterocycles. The summed E-state index contributed by atoms with van der Waals surface area (Å²) in [5, 5.41) is 2.48. The Bertz CT molecular complexity index is 971.